The summed E-state index contributed by atoms with van der Waals surface area (Å²) in [5, 5.41) is 1.02. The number of halogens is 4. The molecule has 0 aliphatic rings. The van der Waals surface area contributed by atoms with Gasteiger partial charge >= 0.3 is 0 Å². The molecule has 1 rings (SSSR count). The molecule has 4 heteroatoms. The van der Waals surface area contributed by atoms with Gasteiger partial charge in [0.15, 0.2) is 0 Å². The zero-order valence-electron chi connectivity index (χ0n) is 5.87. The summed E-state index contributed by atoms with van der Waals surface area (Å²) in [5.41, 5.74) is 0.810. The van der Waals surface area contributed by atoms with Crippen LogP contribution in [0.3, 0.4) is 0 Å². The molecule has 1 aromatic carbocycles. The highest BCUT2D eigenvalue weighted by Crippen LogP contribution is 2.38. The Morgan fingerprint density at radius 1 is 1.17 bits per heavy atom. The summed E-state index contributed by atoms with van der Waals surface area (Å²) >= 11 is 18.5. The van der Waals surface area contributed by atoms with E-state index in [1.54, 1.807) is 6.08 Å². The van der Waals surface area contributed by atoms with Crippen LogP contribution in [0.25, 0.3) is 6.08 Å². The highest BCUT2D eigenvalue weighted by molar-refractivity contribution is 9.11. The maximum absolute atomic E-state index is 5.94. The zero-order chi connectivity index (χ0) is 9.30. The van der Waals surface area contributed by atoms with Crippen molar-refractivity contribution in [2.75, 3.05) is 0 Å². The fourth-order valence-corrected chi connectivity index (χ4v) is 2.76. The Hall–Kier alpha value is 0.500. The van der Waals surface area contributed by atoms with Crippen LogP contribution in [0.5, 0.6) is 0 Å². The number of rotatable bonds is 1. The first-order valence-corrected chi connectivity index (χ1v) is 5.37. The highest BCUT2D eigenvalue weighted by atomic mass is 79.9. The van der Waals surface area contributed by atoms with Crippen molar-refractivity contribution in [3.63, 3.8) is 0 Å². The smallest absolute Gasteiger partial charge is 0.0741 e. The maximum Gasteiger partial charge on any atom is 0.0741 e. The van der Waals surface area contributed by atoms with Crippen LogP contribution >= 0.6 is 55.1 Å². The molecule has 0 spiro atoms. The summed E-state index contributed by atoms with van der Waals surface area (Å²) in [4.78, 5) is 0. The minimum absolute atomic E-state index is 0.507. The molecule has 0 aromatic heterocycles. The summed E-state index contributed by atoms with van der Waals surface area (Å²) in [5.74, 6) is 0. The van der Waals surface area contributed by atoms with Gasteiger partial charge in [0, 0.05) is 14.5 Å². The summed E-state index contributed by atoms with van der Waals surface area (Å²) in [6.45, 7) is 3.63. The predicted molar refractivity (Wildman–Crippen MR) is 62.0 cm³/mol. The first-order chi connectivity index (χ1) is 5.57. The molecule has 0 amide bonds. The molecule has 12 heavy (non-hydrogen) atoms. The highest BCUT2D eigenvalue weighted by Gasteiger charge is 2.09. The molecule has 0 unspecified atom stereocenters. The van der Waals surface area contributed by atoms with Crippen LogP contribution in [0.4, 0.5) is 0 Å². The topological polar surface area (TPSA) is 0 Å². The molecule has 0 atom stereocenters. The van der Waals surface area contributed by atoms with Gasteiger partial charge in [0.05, 0.1) is 10.0 Å². The van der Waals surface area contributed by atoms with Crippen molar-refractivity contribution in [1.29, 1.82) is 0 Å². The molecule has 0 heterocycles. The second-order valence-corrected chi connectivity index (χ2v) is 4.55. The Morgan fingerprint density at radius 3 is 2.25 bits per heavy atom. The lowest BCUT2D eigenvalue weighted by molar-refractivity contribution is 1.56. The first-order valence-electron chi connectivity index (χ1n) is 3.03. The van der Waals surface area contributed by atoms with Crippen molar-refractivity contribution in [3.05, 3.63) is 37.2 Å². The summed E-state index contributed by atoms with van der Waals surface area (Å²) in [6, 6.07) is 1.84. The molecule has 0 saturated heterocycles. The average Bonchev–Trinajstić information content (AvgIpc) is 2.01. The zero-order valence-corrected chi connectivity index (χ0v) is 10.6. The molecule has 0 radical (unpaired) electrons. The van der Waals surface area contributed by atoms with Crippen LogP contribution in [-0.2, 0) is 0 Å². The fourth-order valence-electron chi connectivity index (χ4n) is 0.767. The third-order valence-corrected chi connectivity index (χ3v) is 3.75. The van der Waals surface area contributed by atoms with Gasteiger partial charge in [-0.2, -0.15) is 0 Å². The largest absolute Gasteiger partial charge is 0.0984 e. The van der Waals surface area contributed by atoms with Gasteiger partial charge in [0.2, 0.25) is 0 Å². The van der Waals surface area contributed by atoms with Gasteiger partial charge in [-0.25, -0.2) is 0 Å². The average molecular weight is 331 g/mol. The maximum atomic E-state index is 5.94. The van der Waals surface area contributed by atoms with Crippen molar-refractivity contribution in [2.45, 2.75) is 0 Å². The molecule has 0 nitrogen and oxygen atoms in total. The van der Waals surface area contributed by atoms with Crippen LogP contribution < -0.4 is 0 Å². The van der Waals surface area contributed by atoms with E-state index in [1.165, 1.54) is 0 Å². The minimum Gasteiger partial charge on any atom is -0.0984 e. The van der Waals surface area contributed by atoms with Gasteiger partial charge in [-0.3, -0.25) is 0 Å². The number of hydrogen-bond acceptors (Lipinski definition) is 0. The fraction of sp³-hybridized carbons (Fsp3) is 0. The normalized spacial score (nSPS) is 10.0. The molecule has 0 N–H and O–H groups in total. The molecule has 0 bridgehead atoms. The molecule has 0 aliphatic heterocycles. The molecule has 0 aliphatic carbocycles. The van der Waals surface area contributed by atoms with E-state index < -0.39 is 0 Å². The molecule has 0 fully saturated rings. The number of benzene rings is 1. The molecule has 64 valence electrons. The van der Waals surface area contributed by atoms with Gasteiger partial charge in [0.1, 0.15) is 0 Å². The first kappa shape index (κ1) is 10.6. The van der Waals surface area contributed by atoms with Crippen molar-refractivity contribution in [1.82, 2.24) is 0 Å². The molecular formula is C8H4Br2Cl2. The van der Waals surface area contributed by atoms with E-state index in [-0.39, 0.29) is 0 Å². The Labute approximate surface area is 97.8 Å². The SMILES string of the molecule is C=Cc1c(Br)cc(Br)c(Cl)c1Cl. The molecule has 0 saturated carbocycles. The van der Waals surface area contributed by atoms with Crippen molar-refractivity contribution < 1.29 is 0 Å². The lowest BCUT2D eigenvalue weighted by Crippen LogP contribution is -1.81. The summed E-state index contributed by atoms with van der Waals surface area (Å²) in [6.07, 6.45) is 1.66. The van der Waals surface area contributed by atoms with Crippen LogP contribution in [0, 0.1) is 0 Å². The van der Waals surface area contributed by atoms with Crippen LogP contribution in [0.15, 0.2) is 21.6 Å². The van der Waals surface area contributed by atoms with E-state index in [2.05, 4.69) is 38.4 Å². The Bertz CT molecular complexity index is 334. The van der Waals surface area contributed by atoms with Crippen LogP contribution in [0.2, 0.25) is 10.0 Å². The Kier molecular flexibility index (Phi) is 3.65. The second kappa shape index (κ2) is 4.14. The van der Waals surface area contributed by atoms with Crippen LogP contribution in [-0.4, -0.2) is 0 Å². The van der Waals surface area contributed by atoms with Crippen molar-refractivity contribution >= 4 is 61.1 Å². The van der Waals surface area contributed by atoms with E-state index in [4.69, 9.17) is 23.2 Å². The minimum atomic E-state index is 0.507. The monoisotopic (exact) mass is 328 g/mol. The lowest BCUT2D eigenvalue weighted by atomic mass is 10.2. The van der Waals surface area contributed by atoms with E-state index in [0.29, 0.717) is 10.0 Å². The molecule has 1 aromatic rings. The van der Waals surface area contributed by atoms with Gasteiger partial charge in [0.25, 0.3) is 0 Å². The van der Waals surface area contributed by atoms with Crippen LogP contribution in [0.1, 0.15) is 5.56 Å². The Morgan fingerprint density at radius 2 is 1.75 bits per heavy atom. The lowest BCUT2D eigenvalue weighted by Gasteiger charge is -2.05. The molecular weight excluding hydrogens is 327 g/mol. The Balaban J connectivity index is 3.51. The van der Waals surface area contributed by atoms with Gasteiger partial charge in [-0.1, -0.05) is 51.8 Å². The standard InChI is InChI=1S/C8H4Br2Cl2/c1-2-4-5(9)3-6(10)8(12)7(4)11/h2-3H,1H2. The quantitative estimate of drug-likeness (QED) is 0.493. The summed E-state index contributed by atoms with van der Waals surface area (Å²) < 4.78 is 1.64. The third-order valence-electron chi connectivity index (χ3n) is 1.35. The summed E-state index contributed by atoms with van der Waals surface area (Å²) in [7, 11) is 0. The van der Waals surface area contributed by atoms with E-state index in [9.17, 15) is 0 Å². The third kappa shape index (κ3) is 1.87. The van der Waals surface area contributed by atoms with Gasteiger partial charge in [-0.05, 0) is 22.0 Å². The van der Waals surface area contributed by atoms with Crippen molar-refractivity contribution in [3.8, 4) is 0 Å². The van der Waals surface area contributed by atoms with E-state index >= 15 is 0 Å². The van der Waals surface area contributed by atoms with Gasteiger partial charge in [-0.15, -0.1) is 0 Å². The second-order valence-electron chi connectivity index (χ2n) is 2.09. The predicted octanol–water partition coefficient (Wildman–Crippen LogP) is 5.16. The van der Waals surface area contributed by atoms with Crippen molar-refractivity contribution in [2.24, 2.45) is 0 Å². The number of hydrogen-bond donors (Lipinski definition) is 0. The van der Waals surface area contributed by atoms with Gasteiger partial charge < -0.3 is 0 Å². The van der Waals surface area contributed by atoms with E-state index in [0.717, 1.165) is 14.5 Å². The van der Waals surface area contributed by atoms with E-state index in [1.807, 2.05) is 6.07 Å².